The van der Waals surface area contributed by atoms with Gasteiger partial charge in [0.1, 0.15) is 5.08 Å². The fourth-order valence-electron chi connectivity index (χ4n) is 0.914. The quantitative estimate of drug-likeness (QED) is 0.754. The SMILES string of the molecule is C[S@@](=O)CS(=O)(=O)c1ccccc1. The van der Waals surface area contributed by atoms with Gasteiger partial charge in [0.05, 0.1) is 4.90 Å². The summed E-state index contributed by atoms with van der Waals surface area (Å²) < 4.78 is 33.7. The highest BCUT2D eigenvalue weighted by Gasteiger charge is 2.14. The molecule has 0 saturated carbocycles. The first-order valence-electron chi connectivity index (χ1n) is 3.60. The average Bonchev–Trinajstić information content (AvgIpc) is 2.04. The molecule has 5 heteroatoms. The van der Waals surface area contributed by atoms with Gasteiger partial charge in [-0.15, -0.1) is 0 Å². The minimum absolute atomic E-state index is 0.227. The molecule has 0 saturated heterocycles. The smallest absolute Gasteiger partial charge is 0.190 e. The molecule has 0 aliphatic carbocycles. The molecule has 0 aliphatic heterocycles. The molecule has 13 heavy (non-hydrogen) atoms. The van der Waals surface area contributed by atoms with Crippen molar-refractivity contribution < 1.29 is 12.6 Å². The maximum absolute atomic E-state index is 11.4. The van der Waals surface area contributed by atoms with E-state index < -0.39 is 20.6 Å². The van der Waals surface area contributed by atoms with Crippen LogP contribution in [-0.2, 0) is 20.6 Å². The van der Waals surface area contributed by atoms with Gasteiger partial charge in [0.15, 0.2) is 9.84 Å². The summed E-state index contributed by atoms with van der Waals surface area (Å²) in [5.74, 6) is 0. The van der Waals surface area contributed by atoms with Crippen LogP contribution in [-0.4, -0.2) is 24.0 Å². The second-order valence-electron chi connectivity index (χ2n) is 2.62. The summed E-state index contributed by atoms with van der Waals surface area (Å²) in [5, 5.41) is -0.309. The maximum atomic E-state index is 11.4. The van der Waals surface area contributed by atoms with Crippen LogP contribution in [0.25, 0.3) is 0 Å². The van der Waals surface area contributed by atoms with Crippen LogP contribution < -0.4 is 0 Å². The van der Waals surface area contributed by atoms with Crippen molar-refractivity contribution in [2.75, 3.05) is 11.3 Å². The molecule has 1 aromatic carbocycles. The first kappa shape index (κ1) is 10.4. The van der Waals surface area contributed by atoms with E-state index in [2.05, 4.69) is 0 Å². The van der Waals surface area contributed by atoms with Gasteiger partial charge in [-0.2, -0.15) is 0 Å². The van der Waals surface area contributed by atoms with E-state index in [1.54, 1.807) is 18.2 Å². The van der Waals surface area contributed by atoms with Gasteiger partial charge in [0.25, 0.3) is 0 Å². The van der Waals surface area contributed by atoms with Crippen molar-refractivity contribution in [1.29, 1.82) is 0 Å². The summed E-state index contributed by atoms with van der Waals surface area (Å²) in [6, 6.07) is 8.03. The summed E-state index contributed by atoms with van der Waals surface area (Å²) in [5.41, 5.74) is 0. The van der Waals surface area contributed by atoms with Crippen molar-refractivity contribution in [3.05, 3.63) is 30.3 Å². The van der Waals surface area contributed by atoms with Crippen molar-refractivity contribution in [2.24, 2.45) is 0 Å². The Morgan fingerprint density at radius 3 is 2.23 bits per heavy atom. The van der Waals surface area contributed by atoms with Gasteiger partial charge in [-0.3, -0.25) is 4.21 Å². The number of benzene rings is 1. The zero-order valence-electron chi connectivity index (χ0n) is 7.14. The summed E-state index contributed by atoms with van der Waals surface area (Å²) in [4.78, 5) is 0.227. The van der Waals surface area contributed by atoms with Gasteiger partial charge in [-0.1, -0.05) is 18.2 Å². The maximum Gasteiger partial charge on any atom is 0.190 e. The fourth-order valence-corrected chi connectivity index (χ4v) is 3.78. The highest BCUT2D eigenvalue weighted by atomic mass is 32.3. The molecule has 0 spiro atoms. The summed E-state index contributed by atoms with van der Waals surface area (Å²) in [6.45, 7) is 0. The fraction of sp³-hybridized carbons (Fsp3) is 0.250. The Hall–Kier alpha value is -0.680. The van der Waals surface area contributed by atoms with E-state index in [4.69, 9.17) is 0 Å². The summed E-state index contributed by atoms with van der Waals surface area (Å²) >= 11 is 0. The van der Waals surface area contributed by atoms with Crippen molar-refractivity contribution >= 4 is 20.6 Å². The Kier molecular flexibility index (Phi) is 3.22. The minimum Gasteiger partial charge on any atom is -0.259 e. The Bertz CT molecular complexity index is 395. The molecule has 0 fully saturated rings. The molecule has 1 aromatic rings. The lowest BCUT2D eigenvalue weighted by atomic mass is 10.4. The molecule has 0 aliphatic rings. The summed E-state index contributed by atoms with van der Waals surface area (Å²) in [6.07, 6.45) is 1.38. The molecule has 0 aromatic heterocycles. The third kappa shape index (κ3) is 2.93. The second-order valence-corrected chi connectivity index (χ2v) is 6.41. The van der Waals surface area contributed by atoms with Gasteiger partial charge >= 0.3 is 0 Å². The average molecular weight is 218 g/mol. The highest BCUT2D eigenvalue weighted by Crippen LogP contribution is 2.10. The van der Waals surface area contributed by atoms with Gasteiger partial charge in [0, 0.05) is 17.1 Å². The molecule has 3 nitrogen and oxygen atoms in total. The van der Waals surface area contributed by atoms with Crippen LogP contribution in [0.3, 0.4) is 0 Å². The van der Waals surface area contributed by atoms with E-state index in [1.807, 2.05) is 0 Å². The number of hydrogen-bond acceptors (Lipinski definition) is 3. The first-order chi connectivity index (χ1) is 6.02. The third-order valence-corrected chi connectivity index (χ3v) is 4.98. The normalized spacial score (nSPS) is 13.9. The first-order valence-corrected chi connectivity index (χ1v) is 6.98. The van der Waals surface area contributed by atoms with E-state index in [-0.39, 0.29) is 9.98 Å². The molecule has 1 rings (SSSR count). The monoisotopic (exact) mass is 218 g/mol. The van der Waals surface area contributed by atoms with Crippen molar-refractivity contribution in [3.63, 3.8) is 0 Å². The lowest BCUT2D eigenvalue weighted by molar-refractivity contribution is 0.600. The van der Waals surface area contributed by atoms with E-state index in [0.29, 0.717) is 0 Å². The van der Waals surface area contributed by atoms with Crippen molar-refractivity contribution in [3.8, 4) is 0 Å². The van der Waals surface area contributed by atoms with Gasteiger partial charge < -0.3 is 0 Å². The Morgan fingerprint density at radius 2 is 1.77 bits per heavy atom. The molecule has 0 heterocycles. The van der Waals surface area contributed by atoms with Gasteiger partial charge in [0.2, 0.25) is 0 Å². The molecular weight excluding hydrogens is 208 g/mol. The van der Waals surface area contributed by atoms with Crippen molar-refractivity contribution in [2.45, 2.75) is 4.90 Å². The van der Waals surface area contributed by atoms with E-state index in [0.717, 1.165) is 0 Å². The Balaban J connectivity index is 3.02. The predicted octanol–water partition coefficient (Wildman–Crippen LogP) is 0.796. The molecule has 0 unspecified atom stereocenters. The molecular formula is C8H10O3S2. The predicted molar refractivity (Wildman–Crippen MR) is 52.6 cm³/mol. The van der Waals surface area contributed by atoms with Crippen LogP contribution in [0.15, 0.2) is 35.2 Å². The lowest BCUT2D eigenvalue weighted by Crippen LogP contribution is -2.10. The molecule has 72 valence electrons. The van der Waals surface area contributed by atoms with Gasteiger partial charge in [-0.05, 0) is 12.1 Å². The minimum atomic E-state index is -3.36. The third-order valence-electron chi connectivity index (χ3n) is 1.42. The molecule has 0 N–H and O–H groups in total. The van der Waals surface area contributed by atoms with Gasteiger partial charge in [-0.25, -0.2) is 8.42 Å². The second kappa shape index (κ2) is 4.02. The molecule has 0 bridgehead atoms. The topological polar surface area (TPSA) is 51.2 Å². The van der Waals surface area contributed by atoms with Crippen LogP contribution in [0.1, 0.15) is 0 Å². The lowest BCUT2D eigenvalue weighted by Gasteiger charge is -2.00. The Morgan fingerprint density at radius 1 is 1.23 bits per heavy atom. The van der Waals surface area contributed by atoms with Crippen LogP contribution >= 0.6 is 0 Å². The van der Waals surface area contributed by atoms with Crippen LogP contribution in [0, 0.1) is 0 Å². The van der Waals surface area contributed by atoms with Crippen molar-refractivity contribution in [1.82, 2.24) is 0 Å². The Labute approximate surface area is 80.2 Å². The van der Waals surface area contributed by atoms with E-state index in [1.165, 1.54) is 18.4 Å². The number of rotatable bonds is 3. The molecule has 0 radical (unpaired) electrons. The van der Waals surface area contributed by atoms with Crippen LogP contribution in [0.2, 0.25) is 0 Å². The number of sulfone groups is 1. The highest BCUT2D eigenvalue weighted by molar-refractivity contribution is 8.05. The number of hydrogen-bond donors (Lipinski definition) is 0. The molecule has 0 amide bonds. The van der Waals surface area contributed by atoms with Crippen LogP contribution in [0.4, 0.5) is 0 Å². The van der Waals surface area contributed by atoms with E-state index in [9.17, 15) is 12.6 Å². The zero-order chi connectivity index (χ0) is 9.90. The summed E-state index contributed by atoms with van der Waals surface area (Å²) in [7, 11) is -4.68. The molecule has 1 atom stereocenters. The standard InChI is InChI=1S/C8H10O3S2/c1-12(9)7-13(10,11)8-5-3-2-4-6-8/h2-6H,7H2,1H3/t12-/m1/s1. The van der Waals surface area contributed by atoms with E-state index >= 15 is 0 Å². The van der Waals surface area contributed by atoms with Crippen LogP contribution in [0.5, 0.6) is 0 Å². The zero-order valence-corrected chi connectivity index (χ0v) is 8.77. The largest absolute Gasteiger partial charge is 0.259 e.